The number of hydrogen-bond acceptors (Lipinski definition) is 4. The minimum absolute atomic E-state index is 0.132. The molecule has 6 heteroatoms. The molecule has 2 aliphatic heterocycles. The summed E-state index contributed by atoms with van der Waals surface area (Å²) in [6, 6.07) is 7.95. The van der Waals surface area contributed by atoms with Crippen molar-refractivity contribution in [1.82, 2.24) is 9.80 Å². The maximum absolute atomic E-state index is 12.4. The Kier molecular flexibility index (Phi) is 4.83. The van der Waals surface area contributed by atoms with Crippen LogP contribution in [0.15, 0.2) is 24.3 Å². The Morgan fingerprint density at radius 2 is 1.92 bits per heavy atom. The third-order valence-electron chi connectivity index (χ3n) is 4.84. The van der Waals surface area contributed by atoms with Crippen molar-refractivity contribution in [2.24, 2.45) is 0 Å². The molecule has 0 aromatic heterocycles. The zero-order valence-corrected chi connectivity index (χ0v) is 13.9. The van der Waals surface area contributed by atoms with Crippen molar-refractivity contribution < 1.29 is 19.1 Å². The molecule has 0 aliphatic carbocycles. The van der Waals surface area contributed by atoms with Gasteiger partial charge in [0.1, 0.15) is 0 Å². The molecule has 24 heavy (non-hydrogen) atoms. The van der Waals surface area contributed by atoms with E-state index >= 15 is 0 Å². The molecule has 0 spiro atoms. The van der Waals surface area contributed by atoms with Crippen LogP contribution in [0.5, 0.6) is 0 Å². The van der Waals surface area contributed by atoms with Gasteiger partial charge < -0.3 is 9.64 Å². The summed E-state index contributed by atoms with van der Waals surface area (Å²) in [7, 11) is 0. The summed E-state index contributed by atoms with van der Waals surface area (Å²) in [5.74, 6) is -0.142. The van der Waals surface area contributed by atoms with E-state index in [0.717, 1.165) is 6.42 Å². The van der Waals surface area contributed by atoms with Gasteiger partial charge in [-0.25, -0.2) is 9.69 Å². The zero-order chi connectivity index (χ0) is 17.1. The molecule has 3 amide bonds. The maximum atomic E-state index is 12.4. The Hall–Kier alpha value is -2.37. The van der Waals surface area contributed by atoms with Crippen molar-refractivity contribution >= 4 is 17.9 Å². The number of amides is 3. The highest BCUT2D eigenvalue weighted by atomic mass is 16.6. The van der Waals surface area contributed by atoms with E-state index in [0.29, 0.717) is 32.4 Å². The van der Waals surface area contributed by atoms with Crippen molar-refractivity contribution in [2.45, 2.75) is 38.6 Å². The summed E-state index contributed by atoms with van der Waals surface area (Å²) in [6.45, 7) is 3.05. The number of benzene rings is 1. The van der Waals surface area contributed by atoms with Gasteiger partial charge >= 0.3 is 6.09 Å². The van der Waals surface area contributed by atoms with E-state index in [-0.39, 0.29) is 24.5 Å². The van der Waals surface area contributed by atoms with E-state index in [1.165, 1.54) is 16.0 Å². The first-order valence-corrected chi connectivity index (χ1v) is 8.37. The van der Waals surface area contributed by atoms with E-state index in [1.54, 1.807) is 0 Å². The smallest absolute Gasteiger partial charge is 0.417 e. The molecule has 0 atom stereocenters. The molecule has 0 N–H and O–H groups in total. The van der Waals surface area contributed by atoms with Gasteiger partial charge in [0.2, 0.25) is 5.91 Å². The molecule has 0 radical (unpaired) electrons. The van der Waals surface area contributed by atoms with Gasteiger partial charge in [-0.3, -0.25) is 9.59 Å². The average Bonchev–Trinajstić information content (AvgIpc) is 2.93. The number of hydrogen-bond donors (Lipinski definition) is 0. The Morgan fingerprint density at radius 3 is 2.54 bits per heavy atom. The minimum atomic E-state index is -0.552. The second-order valence-corrected chi connectivity index (χ2v) is 6.36. The third-order valence-corrected chi connectivity index (χ3v) is 4.84. The van der Waals surface area contributed by atoms with Crippen LogP contribution in [0.2, 0.25) is 0 Å². The lowest BCUT2D eigenvalue weighted by Crippen LogP contribution is -2.48. The van der Waals surface area contributed by atoms with Gasteiger partial charge in [-0.15, -0.1) is 0 Å². The highest BCUT2D eigenvalue weighted by Gasteiger charge is 2.38. The summed E-state index contributed by atoms with van der Waals surface area (Å²) in [6.07, 6.45) is 1.92. The fourth-order valence-corrected chi connectivity index (χ4v) is 3.38. The number of rotatable bonds is 4. The molecule has 2 fully saturated rings. The second-order valence-electron chi connectivity index (χ2n) is 6.36. The predicted octanol–water partition coefficient (Wildman–Crippen LogP) is 1.90. The van der Waals surface area contributed by atoms with Crippen molar-refractivity contribution in [2.75, 3.05) is 19.7 Å². The van der Waals surface area contributed by atoms with Gasteiger partial charge in [0.05, 0.1) is 0 Å². The largest absolute Gasteiger partial charge is 0.439 e. The molecule has 0 saturated carbocycles. The highest BCUT2D eigenvalue weighted by Crippen LogP contribution is 2.21. The topological polar surface area (TPSA) is 66.9 Å². The number of likely N-dealkylation sites (tertiary alicyclic amines) is 1. The number of cyclic esters (lactones) is 1. The van der Waals surface area contributed by atoms with Crippen molar-refractivity contribution in [3.8, 4) is 0 Å². The standard InChI is InChI=1S/C18H22N2O4/c1-13-4-2-3-5-14(13)6-7-16(21)19-10-8-15(9-11-19)20-17(22)12-24-18(20)23/h2-5,15H,6-12H2,1H3. The fourth-order valence-electron chi connectivity index (χ4n) is 3.38. The van der Waals surface area contributed by atoms with Crippen molar-refractivity contribution in [3.63, 3.8) is 0 Å². The molecule has 3 rings (SSSR count). The van der Waals surface area contributed by atoms with Crippen LogP contribution in [0.4, 0.5) is 4.79 Å². The molecule has 2 heterocycles. The summed E-state index contributed by atoms with van der Waals surface area (Å²) in [5, 5.41) is 0. The Bertz CT molecular complexity index is 634. The molecular formula is C18H22N2O4. The number of carbonyl (C=O) groups is 3. The first-order valence-electron chi connectivity index (χ1n) is 8.37. The van der Waals surface area contributed by atoms with Crippen LogP contribution in [0, 0.1) is 6.92 Å². The molecule has 6 nitrogen and oxygen atoms in total. The Balaban J connectivity index is 1.49. The van der Waals surface area contributed by atoms with Crippen LogP contribution < -0.4 is 0 Å². The quantitative estimate of drug-likeness (QED) is 0.846. The van der Waals surface area contributed by atoms with Crippen LogP contribution in [-0.4, -0.2) is 53.4 Å². The number of aryl methyl sites for hydroxylation is 2. The van der Waals surface area contributed by atoms with E-state index in [9.17, 15) is 14.4 Å². The number of carbonyl (C=O) groups excluding carboxylic acids is 3. The molecular weight excluding hydrogens is 308 g/mol. The molecule has 2 saturated heterocycles. The van der Waals surface area contributed by atoms with Crippen LogP contribution in [-0.2, 0) is 20.7 Å². The molecule has 1 aromatic rings. The maximum Gasteiger partial charge on any atom is 0.417 e. The number of piperidine rings is 1. The molecule has 0 unspecified atom stereocenters. The second kappa shape index (κ2) is 7.03. The van der Waals surface area contributed by atoms with Gasteiger partial charge in [0.15, 0.2) is 6.61 Å². The van der Waals surface area contributed by atoms with E-state index in [2.05, 4.69) is 19.1 Å². The lowest BCUT2D eigenvalue weighted by molar-refractivity contribution is -0.133. The van der Waals surface area contributed by atoms with Gasteiger partial charge in [-0.2, -0.15) is 0 Å². The van der Waals surface area contributed by atoms with E-state index < -0.39 is 6.09 Å². The van der Waals surface area contributed by atoms with Crippen LogP contribution in [0.3, 0.4) is 0 Å². The molecule has 1 aromatic carbocycles. The molecule has 128 valence electrons. The van der Waals surface area contributed by atoms with Gasteiger partial charge in [-0.1, -0.05) is 24.3 Å². The minimum Gasteiger partial charge on any atom is -0.439 e. The van der Waals surface area contributed by atoms with Crippen LogP contribution in [0.1, 0.15) is 30.4 Å². The number of imide groups is 1. The molecule has 2 aliphatic rings. The highest BCUT2D eigenvalue weighted by molar-refractivity contribution is 5.98. The first kappa shape index (κ1) is 16.5. The third kappa shape index (κ3) is 3.42. The summed E-state index contributed by atoms with van der Waals surface area (Å²) < 4.78 is 4.76. The van der Waals surface area contributed by atoms with Crippen LogP contribution in [0.25, 0.3) is 0 Å². The number of nitrogens with zero attached hydrogens (tertiary/aromatic N) is 2. The van der Waals surface area contributed by atoms with E-state index in [4.69, 9.17) is 4.74 Å². The SMILES string of the molecule is Cc1ccccc1CCC(=O)N1CCC(N2C(=O)COC2=O)CC1. The monoisotopic (exact) mass is 330 g/mol. The Morgan fingerprint density at radius 1 is 1.21 bits per heavy atom. The normalized spacial score (nSPS) is 18.9. The molecule has 0 bridgehead atoms. The average molecular weight is 330 g/mol. The zero-order valence-electron chi connectivity index (χ0n) is 13.9. The summed E-state index contributed by atoms with van der Waals surface area (Å²) >= 11 is 0. The lowest BCUT2D eigenvalue weighted by Gasteiger charge is -2.34. The van der Waals surface area contributed by atoms with Gasteiger partial charge in [0.25, 0.3) is 5.91 Å². The summed E-state index contributed by atoms with van der Waals surface area (Å²) in [4.78, 5) is 38.7. The number of ether oxygens (including phenoxy) is 1. The first-order chi connectivity index (χ1) is 11.6. The van der Waals surface area contributed by atoms with Crippen LogP contribution >= 0.6 is 0 Å². The lowest BCUT2D eigenvalue weighted by atomic mass is 10.0. The van der Waals surface area contributed by atoms with E-state index in [1.807, 2.05) is 17.0 Å². The van der Waals surface area contributed by atoms with Crippen molar-refractivity contribution in [1.29, 1.82) is 0 Å². The Labute approximate surface area is 141 Å². The van der Waals surface area contributed by atoms with Gasteiger partial charge in [0, 0.05) is 25.6 Å². The predicted molar refractivity (Wildman–Crippen MR) is 87.3 cm³/mol. The van der Waals surface area contributed by atoms with Crippen molar-refractivity contribution in [3.05, 3.63) is 35.4 Å². The van der Waals surface area contributed by atoms with Gasteiger partial charge in [-0.05, 0) is 37.3 Å². The fraction of sp³-hybridized carbons (Fsp3) is 0.500. The summed E-state index contributed by atoms with van der Waals surface area (Å²) in [5.41, 5.74) is 2.40.